The molecule has 1 aromatic rings. The number of Topliss-reactive ketones (excluding diaryl/α,β-unsaturated/α-hetero) is 2. The molecule has 0 unspecified atom stereocenters. The number of aliphatic hydroxyl groups is 5. The highest BCUT2D eigenvalue weighted by Crippen LogP contribution is 2.57. The lowest BCUT2D eigenvalue weighted by Crippen LogP contribution is -2.67. The van der Waals surface area contributed by atoms with Crippen LogP contribution in [-0.4, -0.2) is 98.6 Å². The van der Waals surface area contributed by atoms with Gasteiger partial charge in [-0.2, -0.15) is 0 Å². The van der Waals surface area contributed by atoms with E-state index in [-0.39, 0.29) is 30.8 Å². The van der Waals surface area contributed by atoms with Gasteiger partial charge in [-0.3, -0.25) is 24.6 Å². The van der Waals surface area contributed by atoms with Gasteiger partial charge in [-0.1, -0.05) is 12.1 Å². The molecule has 5 atom stereocenters. The molecule has 0 bridgehead atoms. The number of benzene rings is 1. The van der Waals surface area contributed by atoms with Crippen LogP contribution in [0.25, 0.3) is 5.76 Å². The highest BCUT2D eigenvalue weighted by molar-refractivity contribution is 6.25. The second-order valence-electron chi connectivity index (χ2n) is 10.4. The lowest BCUT2D eigenvalue weighted by atomic mass is 9.54. The molecule has 1 saturated carbocycles. The van der Waals surface area contributed by atoms with E-state index < -0.39 is 75.0 Å². The smallest absolute Gasteiger partial charge is 0.259 e. The van der Waals surface area contributed by atoms with Crippen molar-refractivity contribution < 1.29 is 45.0 Å². The van der Waals surface area contributed by atoms with Crippen molar-refractivity contribution in [2.24, 2.45) is 11.8 Å². The van der Waals surface area contributed by atoms with Crippen LogP contribution in [0.15, 0.2) is 35.1 Å². The molecule has 0 radical (unpaired) electrons. The highest BCUT2D eigenvalue weighted by atomic mass is 16.3. The van der Waals surface area contributed by atoms with Crippen LogP contribution >= 0.6 is 0 Å². The van der Waals surface area contributed by atoms with Crippen LogP contribution in [0.2, 0.25) is 0 Å². The van der Waals surface area contributed by atoms with Gasteiger partial charge in [0.05, 0.1) is 23.9 Å². The number of rotatable bonds is 7. The lowest BCUT2D eigenvalue weighted by molar-refractivity contribution is -0.159. The predicted molar refractivity (Wildman–Crippen MR) is 134 cm³/mol. The Morgan fingerprint density at radius 1 is 1.16 bits per heavy atom. The Morgan fingerprint density at radius 3 is 2.47 bits per heavy atom. The minimum absolute atomic E-state index is 0.0642. The Labute approximate surface area is 218 Å². The van der Waals surface area contributed by atoms with E-state index in [2.05, 4.69) is 10.6 Å². The van der Waals surface area contributed by atoms with Gasteiger partial charge in [0, 0.05) is 24.0 Å². The Balaban J connectivity index is 1.86. The standard InChI is InChI=1S/C26H33N3O9/c1-25(37)12-6-4-7-15(31)16(12)20(32)17-13(25)10-14-19(29(2)3)21(33)18(23(35)26(14,38)22(17)34)24(36)28-11-27-8-5-9-30/h4,6-7,13-14,19,27,30-32,35,37-38H,5,8-11H2,1-3H3,(H,28,36)/t13-,14-,19-,25+,26+/m0/s1. The van der Waals surface area contributed by atoms with Crippen molar-refractivity contribution >= 4 is 23.2 Å². The molecule has 12 nitrogen and oxygen atoms in total. The maximum atomic E-state index is 14.0. The number of fused-ring (bicyclic) bond motifs is 3. The van der Waals surface area contributed by atoms with E-state index in [1.54, 1.807) is 0 Å². The number of nitrogens with one attached hydrogen (secondary N) is 2. The predicted octanol–water partition coefficient (Wildman–Crippen LogP) is -0.811. The fourth-order valence-corrected chi connectivity index (χ4v) is 6.01. The molecule has 4 rings (SSSR count). The van der Waals surface area contributed by atoms with Crippen molar-refractivity contribution in [3.8, 4) is 5.75 Å². The van der Waals surface area contributed by atoms with Crippen LogP contribution < -0.4 is 10.6 Å². The van der Waals surface area contributed by atoms with Crippen molar-refractivity contribution in [3.05, 3.63) is 46.2 Å². The maximum absolute atomic E-state index is 14.0. The molecule has 12 heteroatoms. The fraction of sp³-hybridized carbons (Fsp3) is 0.500. The number of carbonyl (C=O) groups excluding carboxylic acids is 3. The van der Waals surface area contributed by atoms with Gasteiger partial charge in [-0.05, 0) is 52.0 Å². The molecule has 206 valence electrons. The summed E-state index contributed by atoms with van der Waals surface area (Å²) in [5.74, 6) is -7.56. The lowest BCUT2D eigenvalue weighted by Gasteiger charge is -2.53. The zero-order valence-corrected chi connectivity index (χ0v) is 21.4. The summed E-state index contributed by atoms with van der Waals surface area (Å²) in [6, 6.07) is 3.02. The number of hydrogen-bond donors (Lipinski definition) is 8. The van der Waals surface area contributed by atoms with Gasteiger partial charge in [-0.15, -0.1) is 0 Å². The summed E-state index contributed by atoms with van der Waals surface area (Å²) in [6.07, 6.45) is 0.212. The minimum Gasteiger partial charge on any atom is -0.508 e. The van der Waals surface area contributed by atoms with Gasteiger partial charge >= 0.3 is 0 Å². The number of aliphatic hydroxyl groups excluding tert-OH is 3. The molecular weight excluding hydrogens is 498 g/mol. The van der Waals surface area contributed by atoms with Crippen LogP contribution in [0.3, 0.4) is 0 Å². The monoisotopic (exact) mass is 531 g/mol. The van der Waals surface area contributed by atoms with E-state index in [1.165, 1.54) is 44.1 Å². The van der Waals surface area contributed by atoms with Gasteiger partial charge in [-0.25, -0.2) is 0 Å². The summed E-state index contributed by atoms with van der Waals surface area (Å²) in [5.41, 5.74) is -5.76. The van der Waals surface area contributed by atoms with E-state index in [0.29, 0.717) is 13.0 Å². The number of carbonyl (C=O) groups is 3. The minimum atomic E-state index is -2.77. The summed E-state index contributed by atoms with van der Waals surface area (Å²) < 4.78 is 0. The third kappa shape index (κ3) is 3.91. The third-order valence-corrected chi connectivity index (χ3v) is 7.89. The van der Waals surface area contributed by atoms with Gasteiger partial charge in [0.1, 0.15) is 22.8 Å². The second-order valence-corrected chi connectivity index (χ2v) is 10.4. The Bertz CT molecular complexity index is 1250. The first kappa shape index (κ1) is 27.7. The van der Waals surface area contributed by atoms with Gasteiger partial charge in [0.2, 0.25) is 5.78 Å². The van der Waals surface area contributed by atoms with E-state index in [1.807, 2.05) is 0 Å². The van der Waals surface area contributed by atoms with E-state index in [4.69, 9.17) is 5.11 Å². The molecule has 0 saturated heterocycles. The summed E-state index contributed by atoms with van der Waals surface area (Å²) >= 11 is 0. The first-order chi connectivity index (χ1) is 17.8. The molecule has 0 aromatic heterocycles. The molecule has 38 heavy (non-hydrogen) atoms. The molecule has 1 fully saturated rings. The average Bonchev–Trinajstić information content (AvgIpc) is 2.84. The van der Waals surface area contributed by atoms with Crippen LogP contribution in [0.1, 0.15) is 30.9 Å². The van der Waals surface area contributed by atoms with E-state index in [9.17, 15) is 39.9 Å². The first-order valence-electron chi connectivity index (χ1n) is 12.3. The normalized spacial score (nSPS) is 30.8. The van der Waals surface area contributed by atoms with E-state index >= 15 is 0 Å². The number of phenols is 1. The quantitative estimate of drug-likeness (QED) is 0.124. The summed E-state index contributed by atoms with van der Waals surface area (Å²) in [4.78, 5) is 41.9. The largest absolute Gasteiger partial charge is 0.508 e. The zero-order chi connectivity index (χ0) is 28.2. The van der Waals surface area contributed by atoms with Crippen LogP contribution in [0.4, 0.5) is 0 Å². The van der Waals surface area contributed by atoms with Crippen molar-refractivity contribution in [2.45, 2.75) is 37.0 Å². The SMILES string of the molecule is CN(C)[C@@H]1C(=O)C(C(=O)NCNCCCO)=C(O)[C@]2(O)C(=O)C3=C(O)c4c(O)cccc4[C@@](C)(O)[C@H]3C[C@@H]12. The van der Waals surface area contributed by atoms with Gasteiger partial charge in [0.15, 0.2) is 11.4 Å². The molecule has 8 N–H and O–H groups in total. The molecular formula is C26H33N3O9. The number of hydrogen-bond acceptors (Lipinski definition) is 11. The third-order valence-electron chi connectivity index (χ3n) is 7.89. The Hall–Kier alpha value is -3.29. The first-order valence-corrected chi connectivity index (χ1v) is 12.3. The topological polar surface area (TPSA) is 200 Å². The molecule has 0 heterocycles. The number of amides is 1. The van der Waals surface area contributed by atoms with Crippen LogP contribution in [0, 0.1) is 11.8 Å². The molecule has 1 aromatic carbocycles. The molecule has 1 amide bonds. The Morgan fingerprint density at radius 2 is 1.84 bits per heavy atom. The highest BCUT2D eigenvalue weighted by Gasteiger charge is 2.66. The summed E-state index contributed by atoms with van der Waals surface area (Å²) in [5, 5.41) is 70.2. The van der Waals surface area contributed by atoms with Crippen molar-refractivity contribution in [3.63, 3.8) is 0 Å². The summed E-state index contributed by atoms with van der Waals surface area (Å²) in [7, 11) is 3.05. The maximum Gasteiger partial charge on any atom is 0.259 e. The number of aromatic hydroxyl groups is 1. The van der Waals surface area contributed by atoms with Gasteiger partial charge < -0.3 is 36.0 Å². The van der Waals surface area contributed by atoms with Crippen molar-refractivity contribution in [2.75, 3.05) is 33.9 Å². The number of nitrogens with zero attached hydrogens (tertiary/aromatic N) is 1. The number of phenolic OH excluding ortho intramolecular Hbond substituents is 1. The zero-order valence-electron chi connectivity index (χ0n) is 21.4. The molecule has 0 spiro atoms. The van der Waals surface area contributed by atoms with Crippen LogP contribution in [0.5, 0.6) is 5.75 Å². The van der Waals surface area contributed by atoms with E-state index in [0.717, 1.165) is 0 Å². The van der Waals surface area contributed by atoms with Crippen molar-refractivity contribution in [1.29, 1.82) is 0 Å². The Kier molecular flexibility index (Phi) is 7.14. The number of likely N-dealkylation sites (N-methyl/N-ethyl adjacent to an activating group) is 1. The molecule has 0 aliphatic heterocycles. The van der Waals surface area contributed by atoms with Crippen LogP contribution in [-0.2, 0) is 20.0 Å². The van der Waals surface area contributed by atoms with Gasteiger partial charge in [0.25, 0.3) is 5.91 Å². The molecule has 3 aliphatic rings. The second kappa shape index (κ2) is 9.79. The fourth-order valence-electron chi connectivity index (χ4n) is 6.01. The number of ketones is 2. The summed E-state index contributed by atoms with van der Waals surface area (Å²) in [6.45, 7) is 1.60. The van der Waals surface area contributed by atoms with Crippen molar-refractivity contribution in [1.82, 2.24) is 15.5 Å². The molecule has 3 aliphatic carbocycles. The average molecular weight is 532 g/mol.